The van der Waals surface area contributed by atoms with Crippen molar-refractivity contribution in [2.45, 2.75) is 38.6 Å². The van der Waals surface area contributed by atoms with Gasteiger partial charge in [0.1, 0.15) is 5.82 Å². The van der Waals surface area contributed by atoms with Gasteiger partial charge in [0.05, 0.1) is 11.6 Å². The first-order chi connectivity index (χ1) is 8.79. The smallest absolute Gasteiger partial charge is 0.129 e. The minimum Gasteiger partial charge on any atom is -0.299 e. The van der Waals surface area contributed by atoms with Gasteiger partial charge in [-0.25, -0.2) is 4.39 Å². The van der Waals surface area contributed by atoms with Gasteiger partial charge in [0, 0.05) is 12.1 Å². The molecule has 2 nitrogen and oxygen atoms in total. The molecule has 1 aromatic carbocycles. The molecule has 3 heteroatoms. The van der Waals surface area contributed by atoms with Crippen LogP contribution in [0.3, 0.4) is 0 Å². The Morgan fingerprint density at radius 2 is 1.78 bits per heavy atom. The van der Waals surface area contributed by atoms with Crippen molar-refractivity contribution < 1.29 is 4.39 Å². The summed E-state index contributed by atoms with van der Waals surface area (Å²) in [6.07, 6.45) is 6.31. The first-order valence-corrected chi connectivity index (χ1v) is 6.70. The zero-order chi connectivity index (χ0) is 12.8. The highest BCUT2D eigenvalue weighted by atomic mass is 19.1. The van der Waals surface area contributed by atoms with E-state index in [0.717, 1.165) is 13.1 Å². The SMILES string of the molecule is N#Cc1ccc(CN2CCCCCCC2)c(F)c1. The first-order valence-electron chi connectivity index (χ1n) is 6.70. The van der Waals surface area contributed by atoms with Crippen molar-refractivity contribution in [2.24, 2.45) is 0 Å². The van der Waals surface area contributed by atoms with E-state index in [1.54, 1.807) is 12.1 Å². The molecule has 18 heavy (non-hydrogen) atoms. The third-order valence-electron chi connectivity index (χ3n) is 3.52. The summed E-state index contributed by atoms with van der Waals surface area (Å²) in [6.45, 7) is 2.77. The van der Waals surface area contributed by atoms with Crippen molar-refractivity contribution in [3.8, 4) is 6.07 Å². The van der Waals surface area contributed by atoms with E-state index in [9.17, 15) is 4.39 Å². The molecule has 0 aromatic heterocycles. The highest BCUT2D eigenvalue weighted by Crippen LogP contribution is 2.16. The van der Waals surface area contributed by atoms with Gasteiger partial charge >= 0.3 is 0 Å². The Labute approximate surface area is 108 Å². The molecule has 0 radical (unpaired) electrons. The first kappa shape index (κ1) is 13.0. The van der Waals surface area contributed by atoms with Crippen LogP contribution in [-0.4, -0.2) is 18.0 Å². The lowest BCUT2D eigenvalue weighted by molar-refractivity contribution is 0.237. The lowest BCUT2D eigenvalue weighted by Gasteiger charge is -2.24. The van der Waals surface area contributed by atoms with Crippen LogP contribution in [0.15, 0.2) is 18.2 Å². The van der Waals surface area contributed by atoms with Crippen molar-refractivity contribution in [3.05, 3.63) is 35.1 Å². The number of halogens is 1. The Morgan fingerprint density at radius 3 is 2.39 bits per heavy atom. The van der Waals surface area contributed by atoms with Crippen molar-refractivity contribution >= 4 is 0 Å². The highest BCUT2D eigenvalue weighted by molar-refractivity contribution is 5.32. The van der Waals surface area contributed by atoms with Crippen LogP contribution in [0.1, 0.15) is 43.2 Å². The van der Waals surface area contributed by atoms with Crippen molar-refractivity contribution in [1.29, 1.82) is 5.26 Å². The van der Waals surface area contributed by atoms with Crippen molar-refractivity contribution in [3.63, 3.8) is 0 Å². The fraction of sp³-hybridized carbons (Fsp3) is 0.533. The molecule has 1 aromatic rings. The van der Waals surface area contributed by atoms with Gasteiger partial charge in [0.2, 0.25) is 0 Å². The second kappa shape index (κ2) is 6.51. The lowest BCUT2D eigenvalue weighted by Crippen LogP contribution is -2.27. The molecule has 96 valence electrons. The molecule has 1 aliphatic heterocycles. The largest absolute Gasteiger partial charge is 0.299 e. The van der Waals surface area contributed by atoms with E-state index >= 15 is 0 Å². The van der Waals surface area contributed by atoms with E-state index in [4.69, 9.17) is 5.26 Å². The maximum atomic E-state index is 13.8. The van der Waals surface area contributed by atoms with Gasteiger partial charge in [-0.2, -0.15) is 5.26 Å². The van der Waals surface area contributed by atoms with Crippen LogP contribution in [0.2, 0.25) is 0 Å². The summed E-state index contributed by atoms with van der Waals surface area (Å²) in [5, 5.41) is 8.72. The maximum absolute atomic E-state index is 13.8. The quantitative estimate of drug-likeness (QED) is 0.799. The van der Waals surface area contributed by atoms with Crippen LogP contribution >= 0.6 is 0 Å². The summed E-state index contributed by atoms with van der Waals surface area (Å²) >= 11 is 0. The van der Waals surface area contributed by atoms with Gasteiger partial charge in [-0.05, 0) is 38.1 Å². The molecule has 1 aliphatic rings. The van der Waals surface area contributed by atoms with Crippen LogP contribution in [0, 0.1) is 17.1 Å². The Kier molecular flexibility index (Phi) is 4.72. The maximum Gasteiger partial charge on any atom is 0.129 e. The van der Waals surface area contributed by atoms with Gasteiger partial charge < -0.3 is 0 Å². The number of hydrogen-bond donors (Lipinski definition) is 0. The number of nitrogens with zero attached hydrogens (tertiary/aromatic N) is 2. The molecular weight excluding hydrogens is 227 g/mol. The molecule has 0 unspecified atom stereocenters. The Morgan fingerprint density at radius 1 is 1.11 bits per heavy atom. The Bertz CT molecular complexity index is 429. The topological polar surface area (TPSA) is 27.0 Å². The summed E-state index contributed by atoms with van der Waals surface area (Å²) < 4.78 is 13.8. The predicted molar refractivity (Wildman–Crippen MR) is 69.5 cm³/mol. The zero-order valence-electron chi connectivity index (χ0n) is 10.7. The number of likely N-dealkylation sites (tertiary alicyclic amines) is 1. The summed E-state index contributed by atoms with van der Waals surface area (Å²) in [4.78, 5) is 2.32. The standard InChI is InChI=1S/C15H19FN2/c16-15-10-13(11-17)6-7-14(15)12-18-8-4-2-1-3-5-9-18/h6-7,10H,1-5,8-9,12H2. The molecule has 0 atom stereocenters. The van der Waals surface area contributed by atoms with Crippen LogP contribution in [0.25, 0.3) is 0 Å². The molecule has 2 rings (SSSR count). The molecule has 1 heterocycles. The fourth-order valence-electron chi connectivity index (χ4n) is 2.46. The number of hydrogen-bond acceptors (Lipinski definition) is 2. The Hall–Kier alpha value is -1.40. The average Bonchev–Trinajstić information content (AvgIpc) is 2.34. The minimum atomic E-state index is -0.254. The molecule has 0 amide bonds. The van der Waals surface area contributed by atoms with E-state index in [1.807, 2.05) is 6.07 Å². The van der Waals surface area contributed by atoms with Gasteiger partial charge in [0.25, 0.3) is 0 Å². The molecule has 0 spiro atoms. The molecule has 0 N–H and O–H groups in total. The Balaban J connectivity index is 2.01. The lowest BCUT2D eigenvalue weighted by atomic mass is 10.1. The molecule has 0 aliphatic carbocycles. The predicted octanol–water partition coefficient (Wildman–Crippen LogP) is 3.46. The van der Waals surface area contributed by atoms with E-state index in [1.165, 1.54) is 38.2 Å². The third-order valence-corrected chi connectivity index (χ3v) is 3.52. The van der Waals surface area contributed by atoms with E-state index in [2.05, 4.69) is 4.90 Å². The molecular formula is C15H19FN2. The number of rotatable bonds is 2. The van der Waals surface area contributed by atoms with Crippen molar-refractivity contribution in [1.82, 2.24) is 4.90 Å². The second-order valence-corrected chi connectivity index (χ2v) is 4.96. The zero-order valence-corrected chi connectivity index (χ0v) is 10.7. The normalized spacial score (nSPS) is 17.8. The molecule has 1 fully saturated rings. The summed E-state index contributed by atoms with van der Waals surface area (Å²) in [7, 11) is 0. The highest BCUT2D eigenvalue weighted by Gasteiger charge is 2.11. The average molecular weight is 246 g/mol. The number of nitriles is 1. The van der Waals surface area contributed by atoms with Gasteiger partial charge in [-0.15, -0.1) is 0 Å². The second-order valence-electron chi connectivity index (χ2n) is 4.96. The minimum absolute atomic E-state index is 0.254. The van der Waals surface area contributed by atoms with E-state index < -0.39 is 0 Å². The molecule has 0 saturated carbocycles. The monoisotopic (exact) mass is 246 g/mol. The van der Waals surface area contributed by atoms with Gasteiger partial charge in [0.15, 0.2) is 0 Å². The third kappa shape index (κ3) is 3.54. The van der Waals surface area contributed by atoms with Gasteiger partial charge in [-0.1, -0.05) is 25.3 Å². The van der Waals surface area contributed by atoms with Crippen LogP contribution < -0.4 is 0 Å². The van der Waals surface area contributed by atoms with E-state index in [-0.39, 0.29) is 5.82 Å². The molecule has 1 saturated heterocycles. The fourth-order valence-corrected chi connectivity index (χ4v) is 2.46. The van der Waals surface area contributed by atoms with Crippen LogP contribution in [-0.2, 0) is 6.54 Å². The van der Waals surface area contributed by atoms with E-state index in [0.29, 0.717) is 17.7 Å². The van der Waals surface area contributed by atoms with Crippen LogP contribution in [0.4, 0.5) is 4.39 Å². The number of benzene rings is 1. The summed E-state index contributed by atoms with van der Waals surface area (Å²) in [5.74, 6) is -0.254. The van der Waals surface area contributed by atoms with Crippen molar-refractivity contribution in [2.75, 3.05) is 13.1 Å². The summed E-state index contributed by atoms with van der Waals surface area (Å²) in [6, 6.07) is 6.74. The molecule has 0 bridgehead atoms. The van der Waals surface area contributed by atoms with Gasteiger partial charge in [-0.3, -0.25) is 4.90 Å². The summed E-state index contributed by atoms with van der Waals surface area (Å²) in [5.41, 5.74) is 1.10. The van der Waals surface area contributed by atoms with Crippen LogP contribution in [0.5, 0.6) is 0 Å².